The summed E-state index contributed by atoms with van der Waals surface area (Å²) in [4.78, 5) is 12.7. The summed E-state index contributed by atoms with van der Waals surface area (Å²) in [5.74, 6) is -1.45. The quantitative estimate of drug-likeness (QED) is 0.145. The minimum Gasteiger partial charge on any atom is -0.504 e. The van der Waals surface area contributed by atoms with E-state index in [1.165, 1.54) is 51.7 Å². The minimum atomic E-state index is -2.17. The van der Waals surface area contributed by atoms with Gasteiger partial charge in [-0.15, -0.1) is 0 Å². The van der Waals surface area contributed by atoms with Crippen molar-refractivity contribution in [3.8, 4) is 34.5 Å². The predicted octanol–water partition coefficient (Wildman–Crippen LogP) is -1.37. The van der Waals surface area contributed by atoms with Crippen LogP contribution in [0.3, 0.4) is 0 Å². The maximum Gasteiger partial charge on any atom is 0.338 e. The van der Waals surface area contributed by atoms with E-state index in [0.29, 0.717) is 0 Å². The number of esters is 1. The number of aromatic hydroxyl groups is 2. The van der Waals surface area contributed by atoms with E-state index in [1.807, 2.05) is 0 Å². The first-order valence-corrected chi connectivity index (χ1v) is 12.9. The fourth-order valence-electron chi connectivity index (χ4n) is 4.50. The molecule has 0 radical (unpaired) electrons. The van der Waals surface area contributed by atoms with E-state index in [0.717, 1.165) is 0 Å². The second kappa shape index (κ2) is 13.4. The Kier molecular flexibility index (Phi) is 10.0. The zero-order chi connectivity index (χ0) is 31.5. The van der Waals surface area contributed by atoms with Crippen molar-refractivity contribution < 1.29 is 78.4 Å². The van der Waals surface area contributed by atoms with Gasteiger partial charge in [-0.25, -0.2) is 4.79 Å². The van der Waals surface area contributed by atoms with Crippen molar-refractivity contribution in [2.45, 2.75) is 48.7 Å². The molecule has 2 heterocycles. The highest BCUT2D eigenvalue weighted by molar-refractivity contribution is 5.91. The zero-order valence-electron chi connectivity index (χ0n) is 23.4. The summed E-state index contributed by atoms with van der Waals surface area (Å²) in [6.07, 6.45) is -11.1. The maximum absolute atomic E-state index is 12.7. The molecular weight excluding hydrogens is 580 g/mol. The monoisotopic (exact) mass is 614 g/mol. The average Bonchev–Trinajstić information content (AvgIpc) is 3.29. The van der Waals surface area contributed by atoms with Gasteiger partial charge in [0.2, 0.25) is 12.0 Å². The predicted molar refractivity (Wildman–Crippen MR) is 140 cm³/mol. The summed E-state index contributed by atoms with van der Waals surface area (Å²) in [5, 5.41) is 72.6. The number of ether oxygens (including phenoxy) is 8. The van der Waals surface area contributed by atoms with E-state index < -0.39 is 74.5 Å². The van der Waals surface area contributed by atoms with Gasteiger partial charge >= 0.3 is 5.97 Å². The summed E-state index contributed by atoms with van der Waals surface area (Å²) in [7, 11) is 3.86. The second-order valence-electron chi connectivity index (χ2n) is 9.79. The third kappa shape index (κ3) is 6.66. The lowest BCUT2D eigenvalue weighted by Gasteiger charge is -2.42. The third-order valence-electron chi connectivity index (χ3n) is 6.99. The molecule has 8 atom stereocenters. The number of benzene rings is 2. The summed E-state index contributed by atoms with van der Waals surface area (Å²) < 4.78 is 42.7. The molecule has 16 nitrogen and oxygen atoms in total. The van der Waals surface area contributed by atoms with Gasteiger partial charge in [0, 0.05) is 6.07 Å². The molecule has 2 fully saturated rings. The maximum atomic E-state index is 12.7. The van der Waals surface area contributed by atoms with Crippen LogP contribution >= 0.6 is 0 Å². The summed E-state index contributed by atoms with van der Waals surface area (Å²) in [6, 6.07) is 6.33. The number of carbonyl (C=O) groups excluding carboxylic acids is 1. The Labute approximate surface area is 245 Å². The van der Waals surface area contributed by atoms with Gasteiger partial charge in [-0.1, -0.05) is 0 Å². The van der Waals surface area contributed by atoms with Crippen molar-refractivity contribution in [1.82, 2.24) is 0 Å². The molecule has 2 aliphatic rings. The SMILES string of the molecule is COc1cc(O[C@@H]2O[C@@H](CO)[C@@H](O)[C@@H](O)[C@H]2O[C@@H]2OC[C@](O)(COC(=O)c3cc(OC)c(O)c(OC)c3)[C@H]2O)ccc1O. The molecule has 0 aliphatic carbocycles. The van der Waals surface area contributed by atoms with Gasteiger partial charge in [0.1, 0.15) is 36.8 Å². The number of hydrogen-bond donors (Lipinski definition) is 7. The van der Waals surface area contributed by atoms with E-state index in [-0.39, 0.29) is 40.1 Å². The van der Waals surface area contributed by atoms with Gasteiger partial charge in [-0.3, -0.25) is 0 Å². The molecule has 16 heteroatoms. The van der Waals surface area contributed by atoms with E-state index >= 15 is 0 Å². The minimum absolute atomic E-state index is 0.0587. The fourth-order valence-corrected chi connectivity index (χ4v) is 4.50. The molecule has 0 unspecified atom stereocenters. The van der Waals surface area contributed by atoms with E-state index in [2.05, 4.69) is 0 Å². The van der Waals surface area contributed by atoms with Crippen molar-refractivity contribution in [2.24, 2.45) is 0 Å². The first-order valence-electron chi connectivity index (χ1n) is 12.9. The largest absolute Gasteiger partial charge is 0.504 e. The Morgan fingerprint density at radius 1 is 0.953 bits per heavy atom. The molecular formula is C27H34O16. The van der Waals surface area contributed by atoms with Crippen molar-refractivity contribution in [3.05, 3.63) is 35.9 Å². The smallest absolute Gasteiger partial charge is 0.338 e. The van der Waals surface area contributed by atoms with Crippen LogP contribution in [-0.2, 0) is 18.9 Å². The van der Waals surface area contributed by atoms with Crippen LogP contribution in [0.1, 0.15) is 10.4 Å². The molecule has 0 spiro atoms. The van der Waals surface area contributed by atoms with Gasteiger partial charge < -0.3 is 73.6 Å². The molecule has 0 bridgehead atoms. The molecule has 2 aromatic rings. The van der Waals surface area contributed by atoms with Crippen LogP contribution in [0.25, 0.3) is 0 Å². The van der Waals surface area contributed by atoms with Crippen LogP contribution in [0.2, 0.25) is 0 Å². The van der Waals surface area contributed by atoms with Gasteiger partial charge in [-0.2, -0.15) is 0 Å². The van der Waals surface area contributed by atoms with Gasteiger partial charge in [0.05, 0.1) is 40.1 Å². The van der Waals surface area contributed by atoms with Crippen LogP contribution in [0.15, 0.2) is 30.3 Å². The Morgan fingerprint density at radius 2 is 1.60 bits per heavy atom. The molecule has 0 amide bonds. The van der Waals surface area contributed by atoms with Crippen LogP contribution in [0.5, 0.6) is 34.5 Å². The Balaban J connectivity index is 1.46. The van der Waals surface area contributed by atoms with Crippen LogP contribution in [-0.4, -0.2) is 132 Å². The summed E-state index contributed by atoms with van der Waals surface area (Å²) in [6.45, 7) is -2.01. The molecule has 4 rings (SSSR count). The summed E-state index contributed by atoms with van der Waals surface area (Å²) in [5.41, 5.74) is -2.25. The first kappa shape index (κ1) is 32.3. The zero-order valence-corrected chi connectivity index (χ0v) is 23.4. The molecule has 0 saturated carbocycles. The topological polar surface area (TPSA) is 233 Å². The third-order valence-corrected chi connectivity index (χ3v) is 6.99. The highest BCUT2D eigenvalue weighted by Crippen LogP contribution is 2.38. The van der Waals surface area contributed by atoms with E-state index in [9.17, 15) is 40.5 Å². The van der Waals surface area contributed by atoms with E-state index in [1.54, 1.807) is 0 Å². The van der Waals surface area contributed by atoms with Crippen molar-refractivity contribution in [1.29, 1.82) is 0 Å². The van der Waals surface area contributed by atoms with Crippen LogP contribution in [0, 0.1) is 0 Å². The molecule has 43 heavy (non-hydrogen) atoms. The second-order valence-corrected chi connectivity index (χ2v) is 9.79. The first-order chi connectivity index (χ1) is 20.5. The highest BCUT2D eigenvalue weighted by Gasteiger charge is 2.54. The lowest BCUT2D eigenvalue weighted by Crippen LogP contribution is -2.62. The molecule has 2 saturated heterocycles. The average molecular weight is 615 g/mol. The number of aliphatic hydroxyl groups excluding tert-OH is 4. The number of methoxy groups -OCH3 is 3. The van der Waals surface area contributed by atoms with E-state index in [4.69, 9.17) is 37.9 Å². The molecule has 238 valence electrons. The number of hydrogen-bond acceptors (Lipinski definition) is 16. The Bertz CT molecular complexity index is 1250. The lowest BCUT2D eigenvalue weighted by molar-refractivity contribution is -0.318. The van der Waals surface area contributed by atoms with Gasteiger partial charge in [-0.05, 0) is 24.3 Å². The van der Waals surface area contributed by atoms with Crippen molar-refractivity contribution in [3.63, 3.8) is 0 Å². The normalized spacial score (nSPS) is 30.5. The molecule has 0 aromatic heterocycles. The van der Waals surface area contributed by atoms with Crippen molar-refractivity contribution >= 4 is 5.97 Å². The van der Waals surface area contributed by atoms with Crippen LogP contribution < -0.4 is 18.9 Å². The van der Waals surface area contributed by atoms with Crippen molar-refractivity contribution in [2.75, 3.05) is 41.2 Å². The molecule has 2 aliphatic heterocycles. The fraction of sp³-hybridized carbons (Fsp3) is 0.519. The van der Waals surface area contributed by atoms with Gasteiger partial charge in [0.15, 0.2) is 41.0 Å². The number of phenols is 2. The highest BCUT2D eigenvalue weighted by atomic mass is 16.8. The number of rotatable bonds is 11. The summed E-state index contributed by atoms with van der Waals surface area (Å²) >= 11 is 0. The Hall–Kier alpha value is -3.61. The molecule has 7 N–H and O–H groups in total. The standard InChI is InChI=1S/C27H34O16/c1-36-15-8-13(4-5-14(15)29)41-25-22(21(32)20(31)18(9-28)42-25)43-26-23(33)27(35,11-40-26)10-39-24(34)12-6-16(37-2)19(30)17(7-12)38-3/h4-8,18,20-23,25-26,28-33,35H,9-11H2,1-3H3/t18-,20+,21+,22+,23-,25+,26-,27+/m0/s1. The Morgan fingerprint density at radius 3 is 2.21 bits per heavy atom. The molecule has 2 aromatic carbocycles. The lowest BCUT2D eigenvalue weighted by atomic mass is 9.98. The van der Waals surface area contributed by atoms with Gasteiger partial charge in [0.25, 0.3) is 0 Å². The number of phenolic OH excluding ortho intramolecular Hbond substituents is 2. The van der Waals surface area contributed by atoms with Crippen LogP contribution in [0.4, 0.5) is 0 Å². The number of aliphatic hydroxyl groups is 5. The number of carbonyl (C=O) groups is 1.